The van der Waals surface area contributed by atoms with Crippen LogP contribution in [-0.2, 0) is 12.8 Å². The topological polar surface area (TPSA) is 66.5 Å². The van der Waals surface area contributed by atoms with E-state index >= 15 is 0 Å². The van der Waals surface area contributed by atoms with E-state index in [9.17, 15) is 10.2 Å². The van der Waals surface area contributed by atoms with Crippen LogP contribution in [0.25, 0.3) is 0 Å². The Morgan fingerprint density at radius 2 is 1.20 bits per heavy atom. The lowest BCUT2D eigenvalue weighted by Crippen LogP contribution is -2.47. The molecule has 4 N–H and O–H groups in total. The van der Waals surface area contributed by atoms with Crippen LogP contribution in [0.3, 0.4) is 0 Å². The molecule has 0 amide bonds. The van der Waals surface area contributed by atoms with E-state index in [1.54, 1.807) is 0 Å². The van der Waals surface area contributed by atoms with E-state index in [1.165, 1.54) is 62.5 Å². The van der Waals surface area contributed by atoms with Gasteiger partial charge in [0.2, 0.25) is 0 Å². The van der Waals surface area contributed by atoms with Gasteiger partial charge in [-0.1, -0.05) is 76.1 Å². The number of aryl methyl sites for hydroxylation is 2. The largest absolute Gasteiger partial charge is 0.394 e. The first-order valence-corrected chi connectivity index (χ1v) is 9.72. The highest BCUT2D eigenvalue weighted by molar-refractivity contribution is 5.85. The van der Waals surface area contributed by atoms with Crippen LogP contribution >= 0.6 is 12.4 Å². The Bertz CT molecular complexity index is 418. The lowest BCUT2D eigenvalue weighted by molar-refractivity contribution is 0.115. The molecular weight excluding hydrogens is 334 g/mol. The van der Waals surface area contributed by atoms with Gasteiger partial charge < -0.3 is 15.9 Å². The summed E-state index contributed by atoms with van der Waals surface area (Å²) in [7, 11) is 0. The first-order valence-electron chi connectivity index (χ1n) is 9.72. The standard InChI is InChI=1S/C21H37NO2.ClH/c1-2-3-4-5-6-7-8-9-10-19-11-13-20(14-12-19)15-16-21(22,17-23)18-24;/h11-14,23-24H,2-10,15-18,22H2,1H3;1H. The van der Waals surface area contributed by atoms with Crippen molar-refractivity contribution in [2.24, 2.45) is 5.73 Å². The number of nitrogens with two attached hydrogens (primary N) is 1. The quantitative estimate of drug-likeness (QED) is 0.424. The molecule has 4 heteroatoms. The summed E-state index contributed by atoms with van der Waals surface area (Å²) in [6, 6.07) is 8.70. The van der Waals surface area contributed by atoms with Crippen LogP contribution in [0.4, 0.5) is 0 Å². The maximum atomic E-state index is 9.22. The molecule has 0 fully saturated rings. The third-order valence-corrected chi connectivity index (χ3v) is 4.88. The van der Waals surface area contributed by atoms with Crippen molar-refractivity contribution in [2.75, 3.05) is 13.2 Å². The Labute approximate surface area is 160 Å². The van der Waals surface area contributed by atoms with Crippen LogP contribution in [0.5, 0.6) is 0 Å². The van der Waals surface area contributed by atoms with Crippen LogP contribution in [0.1, 0.15) is 75.8 Å². The van der Waals surface area contributed by atoms with Gasteiger partial charge in [0.1, 0.15) is 0 Å². The molecule has 1 aromatic rings. The lowest BCUT2D eigenvalue weighted by atomic mass is 9.93. The number of hydrogen-bond donors (Lipinski definition) is 3. The Balaban J connectivity index is 0.00000576. The van der Waals surface area contributed by atoms with Crippen molar-refractivity contribution in [2.45, 2.75) is 83.1 Å². The van der Waals surface area contributed by atoms with E-state index in [0.717, 1.165) is 12.8 Å². The summed E-state index contributed by atoms with van der Waals surface area (Å²) in [6.45, 7) is 1.90. The molecule has 0 bridgehead atoms. The van der Waals surface area contributed by atoms with Crippen molar-refractivity contribution < 1.29 is 10.2 Å². The predicted octanol–water partition coefficient (Wildman–Crippen LogP) is 4.41. The minimum Gasteiger partial charge on any atom is -0.394 e. The van der Waals surface area contributed by atoms with Crippen LogP contribution < -0.4 is 5.73 Å². The molecule has 0 atom stereocenters. The number of rotatable bonds is 14. The summed E-state index contributed by atoms with van der Waals surface area (Å²) in [5.74, 6) is 0. The van der Waals surface area contributed by atoms with Gasteiger partial charge in [-0.25, -0.2) is 0 Å². The van der Waals surface area contributed by atoms with Crippen molar-refractivity contribution in [3.63, 3.8) is 0 Å². The maximum absolute atomic E-state index is 9.22. The predicted molar refractivity (Wildman–Crippen MR) is 109 cm³/mol. The molecule has 3 nitrogen and oxygen atoms in total. The average molecular weight is 372 g/mol. The zero-order valence-corrected chi connectivity index (χ0v) is 16.7. The van der Waals surface area contributed by atoms with Crippen molar-refractivity contribution in [1.82, 2.24) is 0 Å². The van der Waals surface area contributed by atoms with Crippen LogP contribution in [-0.4, -0.2) is 29.0 Å². The highest BCUT2D eigenvalue weighted by atomic mass is 35.5. The number of aliphatic hydroxyl groups excluding tert-OH is 2. The molecule has 25 heavy (non-hydrogen) atoms. The molecule has 0 aliphatic carbocycles. The van der Waals surface area contributed by atoms with Gasteiger partial charge in [-0.05, 0) is 36.8 Å². The Hall–Kier alpha value is -0.610. The van der Waals surface area contributed by atoms with Crippen LogP contribution in [0, 0.1) is 0 Å². The number of halogens is 1. The summed E-state index contributed by atoms with van der Waals surface area (Å²) in [5.41, 5.74) is 7.65. The van der Waals surface area contributed by atoms with Crippen molar-refractivity contribution in [3.8, 4) is 0 Å². The van der Waals surface area contributed by atoms with E-state index in [0.29, 0.717) is 6.42 Å². The highest BCUT2D eigenvalue weighted by Crippen LogP contribution is 2.15. The lowest BCUT2D eigenvalue weighted by Gasteiger charge is -2.24. The van der Waals surface area contributed by atoms with Gasteiger partial charge in [0.25, 0.3) is 0 Å². The molecular formula is C21H38ClNO2. The third kappa shape index (κ3) is 10.9. The monoisotopic (exact) mass is 371 g/mol. The van der Waals surface area contributed by atoms with Crippen molar-refractivity contribution >= 4 is 12.4 Å². The van der Waals surface area contributed by atoms with Gasteiger partial charge in [-0.2, -0.15) is 0 Å². The summed E-state index contributed by atoms with van der Waals surface area (Å²) in [6.07, 6.45) is 13.4. The van der Waals surface area contributed by atoms with Gasteiger partial charge >= 0.3 is 0 Å². The zero-order chi connectivity index (χ0) is 17.7. The summed E-state index contributed by atoms with van der Waals surface area (Å²) >= 11 is 0. The van der Waals surface area contributed by atoms with Gasteiger partial charge in [0.15, 0.2) is 0 Å². The summed E-state index contributed by atoms with van der Waals surface area (Å²) < 4.78 is 0. The third-order valence-electron chi connectivity index (χ3n) is 4.88. The Morgan fingerprint density at radius 1 is 0.760 bits per heavy atom. The number of benzene rings is 1. The first-order chi connectivity index (χ1) is 11.6. The van der Waals surface area contributed by atoms with Gasteiger partial charge in [-0.15, -0.1) is 12.4 Å². The van der Waals surface area contributed by atoms with E-state index in [1.807, 2.05) is 0 Å². The number of aliphatic hydroxyl groups is 2. The molecule has 0 radical (unpaired) electrons. The molecule has 0 aliphatic heterocycles. The van der Waals surface area contributed by atoms with Crippen molar-refractivity contribution in [1.29, 1.82) is 0 Å². The summed E-state index contributed by atoms with van der Waals surface area (Å²) in [4.78, 5) is 0. The molecule has 1 aromatic carbocycles. The molecule has 1 rings (SSSR count). The number of unbranched alkanes of at least 4 members (excludes halogenated alkanes) is 7. The zero-order valence-electron chi connectivity index (χ0n) is 15.9. The smallest absolute Gasteiger partial charge is 0.0633 e. The molecule has 0 aliphatic rings. The molecule has 0 heterocycles. The summed E-state index contributed by atoms with van der Waals surface area (Å²) in [5, 5.41) is 18.4. The molecule has 0 saturated carbocycles. The second-order valence-corrected chi connectivity index (χ2v) is 7.22. The van der Waals surface area contributed by atoms with Gasteiger partial charge in [0.05, 0.1) is 18.8 Å². The van der Waals surface area contributed by atoms with E-state index in [-0.39, 0.29) is 25.6 Å². The Morgan fingerprint density at radius 3 is 1.68 bits per heavy atom. The van der Waals surface area contributed by atoms with Gasteiger partial charge in [0, 0.05) is 0 Å². The fraction of sp³-hybridized carbons (Fsp3) is 0.714. The van der Waals surface area contributed by atoms with E-state index in [4.69, 9.17) is 5.73 Å². The number of hydrogen-bond acceptors (Lipinski definition) is 3. The SMILES string of the molecule is CCCCCCCCCCc1ccc(CCC(N)(CO)CO)cc1.Cl. The van der Waals surface area contributed by atoms with Gasteiger partial charge in [-0.3, -0.25) is 0 Å². The fourth-order valence-corrected chi connectivity index (χ4v) is 2.94. The molecule has 0 aromatic heterocycles. The maximum Gasteiger partial charge on any atom is 0.0633 e. The first kappa shape index (κ1) is 24.4. The van der Waals surface area contributed by atoms with E-state index in [2.05, 4.69) is 31.2 Å². The minimum absolute atomic E-state index is 0. The minimum atomic E-state index is -0.865. The molecule has 146 valence electrons. The highest BCUT2D eigenvalue weighted by Gasteiger charge is 2.22. The van der Waals surface area contributed by atoms with Crippen LogP contribution in [0.15, 0.2) is 24.3 Å². The Kier molecular flexibility index (Phi) is 14.2. The second kappa shape index (κ2) is 14.5. The molecule has 0 unspecified atom stereocenters. The fourth-order valence-electron chi connectivity index (χ4n) is 2.94. The van der Waals surface area contributed by atoms with Crippen molar-refractivity contribution in [3.05, 3.63) is 35.4 Å². The molecule has 0 spiro atoms. The van der Waals surface area contributed by atoms with Crippen LogP contribution in [0.2, 0.25) is 0 Å². The second-order valence-electron chi connectivity index (χ2n) is 7.22. The normalized spacial score (nSPS) is 11.4. The van der Waals surface area contributed by atoms with E-state index < -0.39 is 5.54 Å². The molecule has 0 saturated heterocycles. The average Bonchev–Trinajstić information content (AvgIpc) is 2.63.